The summed E-state index contributed by atoms with van der Waals surface area (Å²) in [5.41, 5.74) is 0.0496. The lowest BCUT2D eigenvalue weighted by Gasteiger charge is -2.22. The summed E-state index contributed by atoms with van der Waals surface area (Å²) < 4.78 is 37.5. The van der Waals surface area contributed by atoms with E-state index in [1.165, 1.54) is 12.1 Å². The lowest BCUT2D eigenvalue weighted by Crippen LogP contribution is -2.42. The minimum Gasteiger partial charge on any atom is -0.480 e. The molecule has 0 atom stereocenters. The Labute approximate surface area is 120 Å². The number of carboxylic acids is 1. The highest BCUT2D eigenvalue weighted by atomic mass is 127. The van der Waals surface area contributed by atoms with E-state index in [1.807, 2.05) is 0 Å². The van der Waals surface area contributed by atoms with Gasteiger partial charge < -0.3 is 10.0 Å². The lowest BCUT2D eigenvalue weighted by atomic mass is 10.2. The highest BCUT2D eigenvalue weighted by molar-refractivity contribution is 14.1. The molecule has 0 saturated carbocycles. The van der Waals surface area contributed by atoms with Crippen LogP contribution in [0.4, 0.5) is 13.2 Å². The van der Waals surface area contributed by atoms with Crippen LogP contribution in [0.3, 0.4) is 0 Å². The van der Waals surface area contributed by atoms with Gasteiger partial charge in [0.1, 0.15) is 13.1 Å². The predicted octanol–water partition coefficient (Wildman–Crippen LogP) is 2.38. The molecule has 0 saturated heterocycles. The van der Waals surface area contributed by atoms with Crippen LogP contribution >= 0.6 is 22.6 Å². The normalized spacial score (nSPS) is 11.2. The number of carbonyl (C=O) groups excluding carboxylic acids is 1. The fraction of sp³-hybridized carbons (Fsp3) is 0.273. The molecule has 0 aliphatic rings. The number of nitrogens with zero attached hydrogens (tertiary/aromatic N) is 1. The third kappa shape index (κ3) is 5.05. The first-order valence-electron chi connectivity index (χ1n) is 5.03. The molecular formula is C11H9F3INO3. The Bertz CT molecular complexity index is 490. The van der Waals surface area contributed by atoms with Gasteiger partial charge in [-0.15, -0.1) is 0 Å². The monoisotopic (exact) mass is 387 g/mol. The van der Waals surface area contributed by atoms with Gasteiger partial charge in [-0.2, -0.15) is 13.2 Å². The highest BCUT2D eigenvalue weighted by Gasteiger charge is 2.34. The first-order valence-corrected chi connectivity index (χ1v) is 6.11. The molecule has 1 N–H and O–H groups in total. The number of carbonyl (C=O) groups is 2. The van der Waals surface area contributed by atoms with E-state index >= 15 is 0 Å². The second-order valence-electron chi connectivity index (χ2n) is 3.65. The molecule has 19 heavy (non-hydrogen) atoms. The minimum absolute atomic E-state index is 0.0496. The van der Waals surface area contributed by atoms with E-state index in [0.717, 1.165) is 0 Å². The van der Waals surface area contributed by atoms with Gasteiger partial charge in [0.15, 0.2) is 0 Å². The summed E-state index contributed by atoms with van der Waals surface area (Å²) in [6.07, 6.45) is -4.65. The van der Waals surface area contributed by atoms with E-state index in [-0.39, 0.29) is 10.5 Å². The number of rotatable bonds is 4. The molecule has 0 bridgehead atoms. The SMILES string of the molecule is O=C(O)CN(CC(F)(F)F)C(=O)c1ccccc1I. The zero-order valence-electron chi connectivity index (χ0n) is 9.45. The summed E-state index contributed by atoms with van der Waals surface area (Å²) in [5, 5.41) is 8.58. The quantitative estimate of drug-likeness (QED) is 0.808. The van der Waals surface area contributed by atoms with Crippen LogP contribution in [0.25, 0.3) is 0 Å². The summed E-state index contributed by atoms with van der Waals surface area (Å²) in [6.45, 7) is -2.59. The molecule has 0 radical (unpaired) electrons. The van der Waals surface area contributed by atoms with Gasteiger partial charge in [0, 0.05) is 3.57 Å². The van der Waals surface area contributed by atoms with Gasteiger partial charge in [-0.05, 0) is 34.7 Å². The van der Waals surface area contributed by atoms with Crippen molar-refractivity contribution in [2.24, 2.45) is 0 Å². The standard InChI is InChI=1S/C11H9F3INO3/c12-11(13,14)6-16(5-9(17)18)10(19)7-3-1-2-4-8(7)15/h1-4H,5-6H2,(H,17,18). The van der Waals surface area contributed by atoms with Gasteiger partial charge in [0.2, 0.25) is 0 Å². The van der Waals surface area contributed by atoms with Crippen molar-refractivity contribution >= 4 is 34.5 Å². The van der Waals surface area contributed by atoms with Crippen molar-refractivity contribution in [2.75, 3.05) is 13.1 Å². The van der Waals surface area contributed by atoms with Crippen LogP contribution in [0, 0.1) is 3.57 Å². The molecule has 1 aromatic rings. The summed E-state index contributed by atoms with van der Waals surface area (Å²) >= 11 is 1.80. The average molecular weight is 387 g/mol. The first-order chi connectivity index (χ1) is 8.70. The van der Waals surface area contributed by atoms with Crippen molar-refractivity contribution in [2.45, 2.75) is 6.18 Å². The van der Waals surface area contributed by atoms with E-state index in [9.17, 15) is 22.8 Å². The maximum Gasteiger partial charge on any atom is 0.406 e. The lowest BCUT2D eigenvalue weighted by molar-refractivity contribution is -0.149. The Morgan fingerprint density at radius 3 is 2.32 bits per heavy atom. The number of hydrogen-bond donors (Lipinski definition) is 1. The van der Waals surface area contributed by atoms with Gasteiger partial charge in [-0.25, -0.2) is 0 Å². The minimum atomic E-state index is -4.65. The van der Waals surface area contributed by atoms with E-state index in [0.29, 0.717) is 3.57 Å². The van der Waals surface area contributed by atoms with E-state index in [2.05, 4.69) is 0 Å². The molecule has 0 heterocycles. The van der Waals surface area contributed by atoms with E-state index < -0.39 is 31.1 Å². The van der Waals surface area contributed by atoms with Crippen LogP contribution in [0.15, 0.2) is 24.3 Å². The summed E-state index contributed by atoms with van der Waals surface area (Å²) in [5.74, 6) is -2.45. The summed E-state index contributed by atoms with van der Waals surface area (Å²) in [7, 11) is 0. The van der Waals surface area contributed by atoms with Gasteiger partial charge in [-0.3, -0.25) is 9.59 Å². The maximum absolute atomic E-state index is 12.3. The van der Waals surface area contributed by atoms with Crippen molar-refractivity contribution in [1.82, 2.24) is 4.90 Å². The number of halogens is 4. The molecule has 1 amide bonds. The van der Waals surface area contributed by atoms with Crippen molar-refractivity contribution in [3.05, 3.63) is 33.4 Å². The molecule has 1 rings (SSSR count). The van der Waals surface area contributed by atoms with Gasteiger partial charge >= 0.3 is 12.1 Å². The molecular weight excluding hydrogens is 378 g/mol. The third-order valence-corrected chi connectivity index (χ3v) is 3.03. The Kier molecular flexibility index (Phi) is 5.15. The second-order valence-corrected chi connectivity index (χ2v) is 4.81. The highest BCUT2D eigenvalue weighted by Crippen LogP contribution is 2.20. The molecule has 0 spiro atoms. The molecule has 0 unspecified atom stereocenters. The molecule has 0 aliphatic carbocycles. The van der Waals surface area contributed by atoms with Crippen molar-refractivity contribution < 1.29 is 27.9 Å². The number of hydrogen-bond acceptors (Lipinski definition) is 2. The fourth-order valence-corrected chi connectivity index (χ4v) is 2.00. The van der Waals surface area contributed by atoms with Crippen molar-refractivity contribution in [3.8, 4) is 0 Å². The number of carboxylic acid groups (broad SMARTS) is 1. The Hall–Kier alpha value is -1.32. The van der Waals surface area contributed by atoms with Gasteiger partial charge in [0.05, 0.1) is 5.56 Å². The van der Waals surface area contributed by atoms with E-state index in [1.54, 1.807) is 34.7 Å². The topological polar surface area (TPSA) is 57.6 Å². The Morgan fingerprint density at radius 2 is 1.84 bits per heavy atom. The second kappa shape index (κ2) is 6.22. The Morgan fingerprint density at radius 1 is 1.26 bits per heavy atom. The van der Waals surface area contributed by atoms with Gasteiger partial charge in [0.25, 0.3) is 5.91 Å². The number of amides is 1. The molecule has 1 aromatic carbocycles. The zero-order valence-corrected chi connectivity index (χ0v) is 11.6. The Balaban J connectivity index is 3.01. The molecule has 4 nitrogen and oxygen atoms in total. The first kappa shape index (κ1) is 15.7. The van der Waals surface area contributed by atoms with E-state index in [4.69, 9.17) is 5.11 Å². The third-order valence-electron chi connectivity index (χ3n) is 2.09. The van der Waals surface area contributed by atoms with Crippen LogP contribution in [0.5, 0.6) is 0 Å². The summed E-state index contributed by atoms with van der Waals surface area (Å²) in [4.78, 5) is 22.8. The van der Waals surface area contributed by atoms with Crippen LogP contribution in [-0.2, 0) is 4.79 Å². The van der Waals surface area contributed by atoms with Crippen LogP contribution in [0.1, 0.15) is 10.4 Å². The predicted molar refractivity (Wildman–Crippen MR) is 68.8 cm³/mol. The number of aliphatic carboxylic acids is 1. The molecule has 0 aliphatic heterocycles. The van der Waals surface area contributed by atoms with Crippen LogP contribution < -0.4 is 0 Å². The van der Waals surface area contributed by atoms with Crippen LogP contribution in [0.2, 0.25) is 0 Å². The number of benzene rings is 1. The van der Waals surface area contributed by atoms with Gasteiger partial charge in [-0.1, -0.05) is 12.1 Å². The number of alkyl halides is 3. The summed E-state index contributed by atoms with van der Waals surface area (Å²) in [6, 6.07) is 6.04. The van der Waals surface area contributed by atoms with Crippen molar-refractivity contribution in [1.29, 1.82) is 0 Å². The van der Waals surface area contributed by atoms with Crippen LogP contribution in [-0.4, -0.2) is 41.1 Å². The molecule has 104 valence electrons. The average Bonchev–Trinajstić information content (AvgIpc) is 2.25. The largest absolute Gasteiger partial charge is 0.480 e. The molecule has 0 fully saturated rings. The zero-order chi connectivity index (χ0) is 14.6. The fourth-order valence-electron chi connectivity index (χ4n) is 1.38. The van der Waals surface area contributed by atoms with Crippen molar-refractivity contribution in [3.63, 3.8) is 0 Å². The molecule has 0 aromatic heterocycles. The maximum atomic E-state index is 12.3. The smallest absolute Gasteiger partial charge is 0.406 e. The molecule has 8 heteroatoms.